The molecular formula is C14H20N4O. The Morgan fingerprint density at radius 1 is 1.47 bits per heavy atom. The lowest BCUT2D eigenvalue weighted by Crippen LogP contribution is -2.40. The third-order valence-electron chi connectivity index (χ3n) is 3.18. The first-order chi connectivity index (χ1) is 9.22. The van der Waals surface area contributed by atoms with Gasteiger partial charge >= 0.3 is 0 Å². The smallest absolute Gasteiger partial charge is 0.236 e. The standard InChI is InChI=1S/C14H20N4O/c1-2-11(15)14(19)16-8-5-9-18-10-17-12-6-3-4-7-13(12)18/h3-4,6-7,10-11H,2,5,8-9,15H2,1H3,(H,16,19). The van der Waals surface area contributed by atoms with Crippen LogP contribution in [0.25, 0.3) is 11.0 Å². The molecule has 19 heavy (non-hydrogen) atoms. The van der Waals surface area contributed by atoms with Crippen molar-refractivity contribution in [1.29, 1.82) is 0 Å². The molecule has 1 unspecified atom stereocenters. The zero-order valence-electron chi connectivity index (χ0n) is 11.2. The number of imidazole rings is 1. The second-order valence-corrected chi connectivity index (χ2v) is 4.59. The number of aromatic nitrogens is 2. The number of aryl methyl sites for hydroxylation is 1. The molecule has 1 aromatic heterocycles. The molecule has 3 N–H and O–H groups in total. The summed E-state index contributed by atoms with van der Waals surface area (Å²) in [6, 6.07) is 7.63. The van der Waals surface area contributed by atoms with Crippen LogP contribution in [0.5, 0.6) is 0 Å². The maximum atomic E-state index is 11.5. The lowest BCUT2D eigenvalue weighted by atomic mass is 10.2. The van der Waals surface area contributed by atoms with Crippen LogP contribution in [-0.4, -0.2) is 28.0 Å². The Morgan fingerprint density at radius 2 is 2.26 bits per heavy atom. The molecule has 0 saturated heterocycles. The zero-order chi connectivity index (χ0) is 13.7. The van der Waals surface area contributed by atoms with E-state index >= 15 is 0 Å². The molecule has 5 nitrogen and oxygen atoms in total. The number of rotatable bonds is 6. The Balaban J connectivity index is 1.82. The highest BCUT2D eigenvalue weighted by Gasteiger charge is 2.09. The molecule has 0 spiro atoms. The van der Waals surface area contributed by atoms with Crippen LogP contribution >= 0.6 is 0 Å². The molecule has 1 atom stereocenters. The fourth-order valence-corrected chi connectivity index (χ4v) is 1.97. The van der Waals surface area contributed by atoms with E-state index in [-0.39, 0.29) is 5.91 Å². The second kappa shape index (κ2) is 6.33. The minimum atomic E-state index is -0.394. The summed E-state index contributed by atoms with van der Waals surface area (Å²) in [6.45, 7) is 3.38. The molecule has 2 rings (SSSR count). The number of carbonyl (C=O) groups excluding carboxylic acids is 1. The topological polar surface area (TPSA) is 72.9 Å². The van der Waals surface area contributed by atoms with Crippen molar-refractivity contribution in [3.63, 3.8) is 0 Å². The molecule has 1 heterocycles. The van der Waals surface area contributed by atoms with E-state index in [2.05, 4.69) is 14.9 Å². The van der Waals surface area contributed by atoms with Crippen LogP contribution in [0.2, 0.25) is 0 Å². The molecule has 1 amide bonds. The lowest BCUT2D eigenvalue weighted by Gasteiger charge is -2.10. The van der Waals surface area contributed by atoms with E-state index in [1.54, 1.807) is 0 Å². The van der Waals surface area contributed by atoms with Gasteiger partial charge in [-0.1, -0.05) is 19.1 Å². The maximum Gasteiger partial charge on any atom is 0.236 e. The summed E-state index contributed by atoms with van der Waals surface area (Å²) >= 11 is 0. The van der Waals surface area contributed by atoms with E-state index in [1.807, 2.05) is 37.5 Å². The number of hydrogen-bond donors (Lipinski definition) is 2. The summed E-state index contributed by atoms with van der Waals surface area (Å²) in [5, 5.41) is 2.85. The summed E-state index contributed by atoms with van der Waals surface area (Å²) < 4.78 is 2.10. The molecular weight excluding hydrogens is 240 g/mol. The number of fused-ring (bicyclic) bond motifs is 1. The summed E-state index contributed by atoms with van der Waals surface area (Å²) in [5.74, 6) is -0.0713. The zero-order valence-corrected chi connectivity index (χ0v) is 11.2. The molecule has 2 aromatic rings. The molecule has 0 saturated carbocycles. The summed E-state index contributed by atoms with van der Waals surface area (Å²) in [5.41, 5.74) is 7.76. The summed E-state index contributed by atoms with van der Waals surface area (Å²) in [7, 11) is 0. The van der Waals surface area contributed by atoms with Crippen molar-refractivity contribution in [1.82, 2.24) is 14.9 Å². The van der Waals surface area contributed by atoms with Gasteiger partial charge in [0.25, 0.3) is 0 Å². The Morgan fingerprint density at radius 3 is 3.05 bits per heavy atom. The van der Waals surface area contributed by atoms with Crippen LogP contribution in [0.3, 0.4) is 0 Å². The minimum Gasteiger partial charge on any atom is -0.355 e. The van der Waals surface area contributed by atoms with E-state index in [4.69, 9.17) is 5.73 Å². The van der Waals surface area contributed by atoms with E-state index < -0.39 is 6.04 Å². The highest BCUT2D eigenvalue weighted by molar-refractivity contribution is 5.81. The van der Waals surface area contributed by atoms with Crippen molar-refractivity contribution in [2.75, 3.05) is 6.54 Å². The van der Waals surface area contributed by atoms with Crippen molar-refractivity contribution in [2.24, 2.45) is 5.73 Å². The first-order valence-corrected chi connectivity index (χ1v) is 6.65. The number of nitrogens with two attached hydrogens (primary N) is 1. The molecule has 5 heteroatoms. The fourth-order valence-electron chi connectivity index (χ4n) is 1.97. The van der Waals surface area contributed by atoms with Gasteiger partial charge in [-0.05, 0) is 25.0 Å². The van der Waals surface area contributed by atoms with Gasteiger partial charge in [-0.25, -0.2) is 4.98 Å². The third kappa shape index (κ3) is 3.32. The van der Waals surface area contributed by atoms with Crippen LogP contribution in [0.4, 0.5) is 0 Å². The van der Waals surface area contributed by atoms with Crippen LogP contribution in [0.15, 0.2) is 30.6 Å². The average Bonchev–Trinajstić information content (AvgIpc) is 2.86. The largest absolute Gasteiger partial charge is 0.355 e. The van der Waals surface area contributed by atoms with Gasteiger partial charge in [0.15, 0.2) is 0 Å². The number of carbonyl (C=O) groups is 1. The number of nitrogens with zero attached hydrogens (tertiary/aromatic N) is 2. The van der Waals surface area contributed by atoms with Gasteiger partial charge in [-0.15, -0.1) is 0 Å². The Bertz CT molecular complexity index is 549. The van der Waals surface area contributed by atoms with Crippen LogP contribution in [-0.2, 0) is 11.3 Å². The average molecular weight is 260 g/mol. The first-order valence-electron chi connectivity index (χ1n) is 6.65. The molecule has 0 bridgehead atoms. The predicted octanol–water partition coefficient (Wildman–Crippen LogP) is 1.28. The van der Waals surface area contributed by atoms with E-state index in [9.17, 15) is 4.79 Å². The number of nitrogens with one attached hydrogen (secondary N) is 1. The van der Waals surface area contributed by atoms with Gasteiger partial charge in [-0.2, -0.15) is 0 Å². The molecule has 0 aliphatic rings. The van der Waals surface area contributed by atoms with Crippen LogP contribution in [0, 0.1) is 0 Å². The number of amides is 1. The van der Waals surface area contributed by atoms with E-state index in [1.165, 1.54) is 0 Å². The molecule has 0 aliphatic carbocycles. The molecule has 1 aromatic carbocycles. The van der Waals surface area contributed by atoms with Crippen molar-refractivity contribution in [3.8, 4) is 0 Å². The normalized spacial score (nSPS) is 12.5. The fraction of sp³-hybridized carbons (Fsp3) is 0.429. The second-order valence-electron chi connectivity index (χ2n) is 4.59. The number of hydrogen-bond acceptors (Lipinski definition) is 3. The maximum absolute atomic E-state index is 11.5. The van der Waals surface area contributed by atoms with Gasteiger partial charge in [0, 0.05) is 13.1 Å². The van der Waals surface area contributed by atoms with Gasteiger partial charge < -0.3 is 15.6 Å². The van der Waals surface area contributed by atoms with Gasteiger partial charge in [0.05, 0.1) is 23.4 Å². The predicted molar refractivity (Wildman–Crippen MR) is 75.6 cm³/mol. The molecule has 0 radical (unpaired) electrons. The van der Waals surface area contributed by atoms with E-state index in [0.29, 0.717) is 13.0 Å². The Kier molecular flexibility index (Phi) is 4.52. The van der Waals surface area contributed by atoms with Gasteiger partial charge in [-0.3, -0.25) is 4.79 Å². The van der Waals surface area contributed by atoms with E-state index in [0.717, 1.165) is 24.0 Å². The summed E-state index contributed by atoms with van der Waals surface area (Å²) in [6.07, 6.45) is 3.37. The monoisotopic (exact) mass is 260 g/mol. The minimum absolute atomic E-state index is 0.0713. The van der Waals surface area contributed by atoms with Crippen molar-refractivity contribution in [2.45, 2.75) is 32.4 Å². The van der Waals surface area contributed by atoms with Crippen molar-refractivity contribution < 1.29 is 4.79 Å². The number of benzene rings is 1. The first kappa shape index (κ1) is 13.5. The van der Waals surface area contributed by atoms with Gasteiger partial charge in [0.2, 0.25) is 5.91 Å². The SMILES string of the molecule is CCC(N)C(=O)NCCCn1cnc2ccccc21. The van der Waals surface area contributed by atoms with Crippen molar-refractivity contribution in [3.05, 3.63) is 30.6 Å². The highest BCUT2D eigenvalue weighted by Crippen LogP contribution is 2.11. The summed E-state index contributed by atoms with van der Waals surface area (Å²) in [4.78, 5) is 15.8. The quantitative estimate of drug-likeness (QED) is 0.768. The van der Waals surface area contributed by atoms with Crippen LogP contribution in [0.1, 0.15) is 19.8 Å². The molecule has 0 fully saturated rings. The highest BCUT2D eigenvalue weighted by atomic mass is 16.2. The van der Waals surface area contributed by atoms with Crippen LogP contribution < -0.4 is 11.1 Å². The lowest BCUT2D eigenvalue weighted by molar-refractivity contribution is -0.122. The molecule has 102 valence electrons. The third-order valence-corrected chi connectivity index (χ3v) is 3.18. The Hall–Kier alpha value is -1.88. The molecule has 0 aliphatic heterocycles. The Labute approximate surface area is 112 Å². The van der Waals surface area contributed by atoms with Gasteiger partial charge in [0.1, 0.15) is 0 Å². The number of para-hydroxylation sites is 2. The van der Waals surface area contributed by atoms with Crippen molar-refractivity contribution >= 4 is 16.9 Å².